The molecule has 0 unspecified atom stereocenters. The maximum Gasteiger partial charge on any atom is 0.295 e. The van der Waals surface area contributed by atoms with Crippen molar-refractivity contribution in [2.75, 3.05) is 39.4 Å². The van der Waals surface area contributed by atoms with Gasteiger partial charge in [-0.3, -0.25) is 19.5 Å². The molecule has 1 aromatic heterocycles. The molecule has 0 radical (unpaired) electrons. The summed E-state index contributed by atoms with van der Waals surface area (Å²) in [5, 5.41) is 10.9. The number of hydrogen-bond donors (Lipinski definition) is 1. The first-order chi connectivity index (χ1) is 15.1. The number of aliphatic hydroxyl groups excluding tert-OH is 1. The van der Waals surface area contributed by atoms with E-state index >= 15 is 0 Å². The third-order valence-corrected chi connectivity index (χ3v) is 5.60. The van der Waals surface area contributed by atoms with E-state index in [-0.39, 0.29) is 16.9 Å². The fourth-order valence-electron chi connectivity index (χ4n) is 4.01. The van der Waals surface area contributed by atoms with Crippen LogP contribution in [-0.4, -0.2) is 71.0 Å². The maximum atomic E-state index is 13.3. The second kappa shape index (κ2) is 9.36. The van der Waals surface area contributed by atoms with E-state index in [1.807, 2.05) is 0 Å². The normalized spacial score (nSPS) is 21.6. The first-order valence-corrected chi connectivity index (χ1v) is 10.3. The summed E-state index contributed by atoms with van der Waals surface area (Å²) in [6.45, 7) is 4.19. The zero-order chi connectivity index (χ0) is 21.8. The summed E-state index contributed by atoms with van der Waals surface area (Å²) >= 11 is 0. The van der Waals surface area contributed by atoms with Crippen molar-refractivity contribution >= 4 is 17.4 Å². The molecule has 2 fully saturated rings. The first-order valence-electron chi connectivity index (χ1n) is 10.3. The molecule has 4 rings (SSSR count). The van der Waals surface area contributed by atoms with Gasteiger partial charge < -0.3 is 14.7 Å². The van der Waals surface area contributed by atoms with Gasteiger partial charge in [-0.2, -0.15) is 0 Å². The van der Waals surface area contributed by atoms with E-state index in [2.05, 4.69) is 9.88 Å². The fraction of sp³-hybridized carbons (Fsp3) is 0.348. The molecule has 1 amide bonds. The molecule has 0 bridgehead atoms. The standard InChI is InChI=1S/C23H24FN3O4/c24-17-7-5-16(6-8-17)21(28)19-20(18-4-1-2-9-25-18)27(23(30)22(19)29)11-3-10-26-12-14-31-15-13-26/h1-2,4-9,20,28H,3,10-15H2/t20-/m0/s1. The molecule has 0 saturated carbocycles. The number of pyridine rings is 1. The van der Waals surface area contributed by atoms with Gasteiger partial charge in [0.1, 0.15) is 17.6 Å². The molecular formula is C23H24FN3O4. The Morgan fingerprint density at radius 2 is 1.84 bits per heavy atom. The quantitative estimate of drug-likeness (QED) is 0.435. The van der Waals surface area contributed by atoms with Crippen LogP contribution in [0.4, 0.5) is 4.39 Å². The number of morpholine rings is 1. The average Bonchev–Trinajstić information content (AvgIpc) is 3.05. The Bertz CT molecular complexity index is 972. The van der Waals surface area contributed by atoms with E-state index in [9.17, 15) is 19.1 Å². The van der Waals surface area contributed by atoms with Crippen molar-refractivity contribution in [3.63, 3.8) is 0 Å². The molecule has 2 aliphatic rings. The largest absolute Gasteiger partial charge is 0.507 e. The predicted octanol–water partition coefficient (Wildman–Crippen LogP) is 2.36. The molecule has 2 aromatic rings. The minimum atomic E-state index is -0.795. The molecule has 31 heavy (non-hydrogen) atoms. The maximum absolute atomic E-state index is 13.3. The van der Waals surface area contributed by atoms with E-state index in [1.54, 1.807) is 24.4 Å². The SMILES string of the molecule is O=C1C(=O)N(CCCN2CCOCC2)[C@@H](c2ccccn2)C1=C(O)c1ccc(F)cc1. The van der Waals surface area contributed by atoms with Gasteiger partial charge in [0.2, 0.25) is 0 Å². The number of benzene rings is 1. The molecule has 8 heteroatoms. The molecule has 162 valence electrons. The summed E-state index contributed by atoms with van der Waals surface area (Å²) in [6.07, 6.45) is 2.26. The lowest BCUT2D eigenvalue weighted by atomic mass is 9.98. The van der Waals surface area contributed by atoms with Crippen LogP contribution in [0.1, 0.15) is 23.7 Å². The summed E-state index contributed by atoms with van der Waals surface area (Å²) in [4.78, 5) is 33.9. The highest BCUT2D eigenvalue weighted by atomic mass is 19.1. The third kappa shape index (κ3) is 4.50. The van der Waals surface area contributed by atoms with Crippen LogP contribution in [0.2, 0.25) is 0 Å². The Hall–Kier alpha value is -3.10. The Kier molecular flexibility index (Phi) is 6.39. The van der Waals surface area contributed by atoms with Crippen molar-refractivity contribution in [1.29, 1.82) is 0 Å². The van der Waals surface area contributed by atoms with Crippen LogP contribution in [-0.2, 0) is 14.3 Å². The number of halogens is 1. The van der Waals surface area contributed by atoms with Crippen molar-refractivity contribution in [2.24, 2.45) is 0 Å². The van der Waals surface area contributed by atoms with Gasteiger partial charge in [0.25, 0.3) is 11.7 Å². The summed E-state index contributed by atoms with van der Waals surface area (Å²) < 4.78 is 18.7. The summed E-state index contributed by atoms with van der Waals surface area (Å²) in [6, 6.07) is 9.60. The van der Waals surface area contributed by atoms with Gasteiger partial charge in [-0.15, -0.1) is 0 Å². The number of carbonyl (C=O) groups is 2. The van der Waals surface area contributed by atoms with Crippen LogP contribution in [0.25, 0.3) is 5.76 Å². The van der Waals surface area contributed by atoms with Gasteiger partial charge in [0.05, 0.1) is 24.5 Å². The van der Waals surface area contributed by atoms with E-state index in [0.29, 0.717) is 31.9 Å². The van der Waals surface area contributed by atoms with E-state index in [0.717, 1.165) is 19.6 Å². The topological polar surface area (TPSA) is 83.0 Å². The minimum absolute atomic E-state index is 0.0262. The van der Waals surface area contributed by atoms with Crippen molar-refractivity contribution in [2.45, 2.75) is 12.5 Å². The van der Waals surface area contributed by atoms with Gasteiger partial charge in [-0.25, -0.2) is 4.39 Å². The number of carbonyl (C=O) groups excluding carboxylic acids is 2. The predicted molar refractivity (Wildman–Crippen MR) is 112 cm³/mol. The van der Waals surface area contributed by atoms with E-state index in [4.69, 9.17) is 4.74 Å². The Morgan fingerprint density at radius 3 is 2.52 bits per heavy atom. The second-order valence-corrected chi connectivity index (χ2v) is 7.56. The molecule has 1 N–H and O–H groups in total. The molecule has 7 nitrogen and oxygen atoms in total. The van der Waals surface area contributed by atoms with Gasteiger partial charge in [0, 0.05) is 37.9 Å². The first kappa shape index (κ1) is 21.1. The van der Waals surface area contributed by atoms with Gasteiger partial charge in [0.15, 0.2) is 0 Å². The van der Waals surface area contributed by atoms with Gasteiger partial charge in [-0.05, 0) is 42.8 Å². The number of aliphatic hydroxyl groups is 1. The van der Waals surface area contributed by atoms with Crippen molar-refractivity contribution in [3.8, 4) is 0 Å². The molecule has 1 aromatic carbocycles. The molecule has 0 aliphatic carbocycles. The number of nitrogens with zero attached hydrogens (tertiary/aromatic N) is 3. The molecule has 3 heterocycles. The number of amides is 1. The second-order valence-electron chi connectivity index (χ2n) is 7.56. The highest BCUT2D eigenvalue weighted by molar-refractivity contribution is 6.46. The lowest BCUT2D eigenvalue weighted by Crippen LogP contribution is -2.39. The monoisotopic (exact) mass is 425 g/mol. The Balaban J connectivity index is 1.64. The zero-order valence-corrected chi connectivity index (χ0v) is 17.0. The lowest BCUT2D eigenvalue weighted by Gasteiger charge is -2.28. The van der Waals surface area contributed by atoms with E-state index in [1.165, 1.54) is 29.2 Å². The number of Topliss-reactive ketones (excluding diaryl/α,β-unsaturated/α-hetero) is 1. The Labute approximate surface area is 179 Å². The average molecular weight is 425 g/mol. The van der Waals surface area contributed by atoms with Crippen LogP contribution in [0.5, 0.6) is 0 Å². The van der Waals surface area contributed by atoms with Crippen LogP contribution in [0.3, 0.4) is 0 Å². The van der Waals surface area contributed by atoms with Crippen molar-refractivity contribution in [3.05, 3.63) is 71.3 Å². The van der Waals surface area contributed by atoms with Crippen LogP contribution >= 0.6 is 0 Å². The van der Waals surface area contributed by atoms with Crippen LogP contribution in [0, 0.1) is 5.82 Å². The zero-order valence-electron chi connectivity index (χ0n) is 17.0. The number of rotatable bonds is 6. The number of aromatic nitrogens is 1. The highest BCUT2D eigenvalue weighted by Gasteiger charge is 2.46. The molecule has 2 saturated heterocycles. The number of hydrogen-bond acceptors (Lipinski definition) is 6. The van der Waals surface area contributed by atoms with Crippen LogP contribution in [0.15, 0.2) is 54.2 Å². The summed E-state index contributed by atoms with van der Waals surface area (Å²) in [5.41, 5.74) is 0.743. The number of ether oxygens (including phenoxy) is 1. The summed E-state index contributed by atoms with van der Waals surface area (Å²) in [5.74, 6) is -2.21. The highest BCUT2D eigenvalue weighted by Crippen LogP contribution is 2.38. The Morgan fingerprint density at radius 1 is 1.10 bits per heavy atom. The van der Waals surface area contributed by atoms with Crippen LogP contribution < -0.4 is 0 Å². The van der Waals surface area contributed by atoms with Gasteiger partial charge >= 0.3 is 0 Å². The number of ketones is 1. The lowest BCUT2D eigenvalue weighted by molar-refractivity contribution is -0.140. The smallest absolute Gasteiger partial charge is 0.295 e. The molecule has 2 aliphatic heterocycles. The van der Waals surface area contributed by atoms with E-state index < -0.39 is 23.5 Å². The molecule has 1 atom stereocenters. The van der Waals surface area contributed by atoms with Crippen molar-refractivity contribution < 1.29 is 23.8 Å². The molecular weight excluding hydrogens is 401 g/mol. The third-order valence-electron chi connectivity index (χ3n) is 5.60. The van der Waals surface area contributed by atoms with Gasteiger partial charge in [-0.1, -0.05) is 6.07 Å². The minimum Gasteiger partial charge on any atom is -0.507 e. The summed E-state index contributed by atoms with van der Waals surface area (Å²) in [7, 11) is 0. The molecule has 0 spiro atoms. The van der Waals surface area contributed by atoms with Crippen molar-refractivity contribution in [1.82, 2.24) is 14.8 Å². The number of likely N-dealkylation sites (tertiary alicyclic amines) is 1. The fourth-order valence-corrected chi connectivity index (χ4v) is 4.01.